The average molecular weight is 274 g/mol. The van der Waals surface area contributed by atoms with Crippen LogP contribution in [0.4, 0.5) is 10.1 Å². The van der Waals surface area contributed by atoms with Gasteiger partial charge in [0.15, 0.2) is 0 Å². The van der Waals surface area contributed by atoms with Gasteiger partial charge in [-0.3, -0.25) is 0 Å². The molecule has 1 rings (SSSR count). The van der Waals surface area contributed by atoms with E-state index in [1.54, 1.807) is 6.92 Å². The third kappa shape index (κ3) is 3.43. The van der Waals surface area contributed by atoms with Gasteiger partial charge < -0.3 is 5.73 Å². The number of sulfonamides is 1. The number of nitrogens with two attached hydrogens (primary N) is 1. The summed E-state index contributed by atoms with van der Waals surface area (Å²) in [4.78, 5) is -0.369. The third-order valence-electron chi connectivity index (χ3n) is 3.08. The van der Waals surface area contributed by atoms with Gasteiger partial charge in [-0.1, -0.05) is 20.3 Å². The predicted octanol–water partition coefficient (Wildman–Crippen LogP) is 2.12. The van der Waals surface area contributed by atoms with Crippen LogP contribution in [0, 0.1) is 11.7 Å². The molecule has 18 heavy (non-hydrogen) atoms. The highest BCUT2D eigenvalue weighted by molar-refractivity contribution is 7.89. The maximum Gasteiger partial charge on any atom is 0.243 e. The molecule has 0 heterocycles. The summed E-state index contributed by atoms with van der Waals surface area (Å²) in [5.41, 5.74) is 5.58. The monoisotopic (exact) mass is 274 g/mol. The summed E-state index contributed by atoms with van der Waals surface area (Å²) in [5.74, 6) is -0.657. The summed E-state index contributed by atoms with van der Waals surface area (Å²) in [5, 5.41) is 0. The van der Waals surface area contributed by atoms with Crippen LogP contribution < -0.4 is 10.5 Å². The zero-order valence-corrected chi connectivity index (χ0v) is 11.6. The number of hydrogen-bond donors (Lipinski definition) is 2. The standard InChI is InChI=1S/C12H19FN2O2S/c1-4-8(2)9(3)15-18(16,17)12-6-5-10(14)7-11(12)13/h5-9,15H,4,14H2,1-3H3. The van der Waals surface area contributed by atoms with Crippen LogP contribution in [0.15, 0.2) is 23.1 Å². The third-order valence-corrected chi connectivity index (χ3v) is 4.68. The lowest BCUT2D eigenvalue weighted by Crippen LogP contribution is -2.37. The Kier molecular flexibility index (Phi) is 4.70. The molecular formula is C12H19FN2O2S. The number of nitrogen functional groups attached to an aromatic ring is 1. The van der Waals surface area contributed by atoms with Crippen molar-refractivity contribution in [3.05, 3.63) is 24.0 Å². The maximum absolute atomic E-state index is 13.6. The van der Waals surface area contributed by atoms with Crippen LogP contribution in [0.1, 0.15) is 27.2 Å². The van der Waals surface area contributed by atoms with Crippen LogP contribution in [0.3, 0.4) is 0 Å². The van der Waals surface area contributed by atoms with Crippen molar-refractivity contribution in [3.8, 4) is 0 Å². The molecule has 2 atom stereocenters. The number of benzene rings is 1. The van der Waals surface area contributed by atoms with Gasteiger partial charge in [-0.25, -0.2) is 17.5 Å². The summed E-state index contributed by atoms with van der Waals surface area (Å²) in [6, 6.07) is 3.29. The van der Waals surface area contributed by atoms with Gasteiger partial charge in [0, 0.05) is 11.7 Å². The van der Waals surface area contributed by atoms with E-state index >= 15 is 0 Å². The van der Waals surface area contributed by atoms with Crippen LogP contribution in [0.5, 0.6) is 0 Å². The Balaban J connectivity index is 3.00. The smallest absolute Gasteiger partial charge is 0.243 e. The highest BCUT2D eigenvalue weighted by Gasteiger charge is 2.23. The maximum atomic E-state index is 13.6. The lowest BCUT2D eigenvalue weighted by atomic mass is 10.0. The Morgan fingerprint density at radius 2 is 2.00 bits per heavy atom. The number of hydrogen-bond acceptors (Lipinski definition) is 3. The molecule has 1 aromatic rings. The summed E-state index contributed by atoms with van der Waals surface area (Å²) < 4.78 is 40.1. The Bertz CT molecular complexity index is 517. The number of halogens is 1. The van der Waals surface area contributed by atoms with Crippen molar-refractivity contribution in [3.63, 3.8) is 0 Å². The van der Waals surface area contributed by atoms with Gasteiger partial charge in [0.05, 0.1) is 0 Å². The minimum atomic E-state index is -3.84. The molecule has 0 saturated heterocycles. The first-order chi connectivity index (χ1) is 8.27. The van der Waals surface area contributed by atoms with Crippen LogP contribution in [-0.2, 0) is 10.0 Å². The SMILES string of the molecule is CCC(C)C(C)NS(=O)(=O)c1ccc(N)cc1F. The molecule has 0 aromatic heterocycles. The van der Waals surface area contributed by atoms with E-state index in [4.69, 9.17) is 5.73 Å². The van der Waals surface area contributed by atoms with Crippen LogP contribution in [-0.4, -0.2) is 14.5 Å². The number of anilines is 1. The summed E-state index contributed by atoms with van der Waals surface area (Å²) in [6.45, 7) is 5.67. The fourth-order valence-corrected chi connectivity index (χ4v) is 2.92. The summed E-state index contributed by atoms with van der Waals surface area (Å²) in [6.07, 6.45) is 0.841. The van der Waals surface area contributed by atoms with E-state index in [1.165, 1.54) is 12.1 Å². The Labute approximate surface area is 107 Å². The second-order valence-corrected chi connectivity index (χ2v) is 6.17. The lowest BCUT2D eigenvalue weighted by molar-refractivity contribution is 0.432. The fraction of sp³-hybridized carbons (Fsp3) is 0.500. The topological polar surface area (TPSA) is 72.2 Å². The minimum Gasteiger partial charge on any atom is -0.399 e. The molecule has 2 unspecified atom stereocenters. The average Bonchev–Trinajstić information content (AvgIpc) is 2.26. The van der Waals surface area contributed by atoms with E-state index in [2.05, 4.69) is 4.72 Å². The molecule has 0 spiro atoms. The van der Waals surface area contributed by atoms with Crippen LogP contribution in [0.25, 0.3) is 0 Å². The highest BCUT2D eigenvalue weighted by Crippen LogP contribution is 2.18. The molecule has 0 radical (unpaired) electrons. The Morgan fingerprint density at radius 1 is 1.39 bits per heavy atom. The van der Waals surface area contributed by atoms with Gasteiger partial charge in [-0.15, -0.1) is 0 Å². The van der Waals surface area contributed by atoms with Crippen molar-refractivity contribution >= 4 is 15.7 Å². The molecule has 0 fully saturated rings. The van der Waals surface area contributed by atoms with Gasteiger partial charge in [-0.05, 0) is 31.0 Å². The highest BCUT2D eigenvalue weighted by atomic mass is 32.2. The van der Waals surface area contributed by atoms with Crippen molar-refractivity contribution in [2.45, 2.75) is 38.1 Å². The van der Waals surface area contributed by atoms with E-state index in [9.17, 15) is 12.8 Å². The molecule has 0 aliphatic carbocycles. The molecular weight excluding hydrogens is 255 g/mol. The quantitative estimate of drug-likeness (QED) is 0.808. The van der Waals surface area contributed by atoms with Crippen LogP contribution in [0.2, 0.25) is 0 Å². The van der Waals surface area contributed by atoms with E-state index in [0.29, 0.717) is 0 Å². The molecule has 3 N–H and O–H groups in total. The lowest BCUT2D eigenvalue weighted by Gasteiger charge is -2.20. The summed E-state index contributed by atoms with van der Waals surface area (Å²) in [7, 11) is -3.84. The van der Waals surface area contributed by atoms with E-state index in [-0.39, 0.29) is 22.5 Å². The number of nitrogens with one attached hydrogen (secondary N) is 1. The van der Waals surface area contributed by atoms with Crippen molar-refractivity contribution < 1.29 is 12.8 Å². The first-order valence-electron chi connectivity index (χ1n) is 5.85. The normalized spacial score (nSPS) is 15.3. The van der Waals surface area contributed by atoms with E-state index < -0.39 is 15.8 Å². The van der Waals surface area contributed by atoms with Gasteiger partial charge in [-0.2, -0.15) is 0 Å². The van der Waals surface area contributed by atoms with Crippen molar-refractivity contribution in [1.29, 1.82) is 0 Å². The zero-order valence-electron chi connectivity index (χ0n) is 10.8. The molecule has 0 aliphatic heterocycles. The molecule has 102 valence electrons. The first kappa shape index (κ1) is 14.9. The van der Waals surface area contributed by atoms with Crippen molar-refractivity contribution in [2.24, 2.45) is 5.92 Å². The molecule has 4 nitrogen and oxygen atoms in total. The Hall–Kier alpha value is -1.14. The zero-order chi connectivity index (χ0) is 13.9. The molecule has 0 amide bonds. The minimum absolute atomic E-state index is 0.177. The fourth-order valence-electron chi connectivity index (χ4n) is 1.51. The van der Waals surface area contributed by atoms with E-state index in [0.717, 1.165) is 12.5 Å². The van der Waals surface area contributed by atoms with Gasteiger partial charge in [0.25, 0.3) is 0 Å². The molecule has 6 heteroatoms. The van der Waals surface area contributed by atoms with Crippen molar-refractivity contribution in [1.82, 2.24) is 4.72 Å². The second-order valence-electron chi connectivity index (χ2n) is 4.49. The number of rotatable bonds is 5. The Morgan fingerprint density at radius 3 is 2.50 bits per heavy atom. The molecule has 1 aromatic carbocycles. The first-order valence-corrected chi connectivity index (χ1v) is 7.33. The largest absolute Gasteiger partial charge is 0.399 e. The predicted molar refractivity (Wildman–Crippen MR) is 70.1 cm³/mol. The van der Waals surface area contributed by atoms with Gasteiger partial charge >= 0.3 is 0 Å². The van der Waals surface area contributed by atoms with Crippen LogP contribution >= 0.6 is 0 Å². The van der Waals surface area contributed by atoms with Gasteiger partial charge in [0.2, 0.25) is 10.0 Å². The molecule has 0 bridgehead atoms. The second kappa shape index (κ2) is 5.67. The molecule has 0 saturated carbocycles. The summed E-state index contributed by atoms with van der Waals surface area (Å²) >= 11 is 0. The van der Waals surface area contributed by atoms with E-state index in [1.807, 2.05) is 13.8 Å². The van der Waals surface area contributed by atoms with Gasteiger partial charge in [0.1, 0.15) is 10.7 Å². The molecule has 0 aliphatic rings. The van der Waals surface area contributed by atoms with Crippen molar-refractivity contribution in [2.75, 3.05) is 5.73 Å².